The maximum absolute atomic E-state index is 10.1. The molecule has 1 saturated heterocycles. The highest BCUT2D eigenvalue weighted by atomic mass is 16.3. The molecule has 1 fully saturated rings. The Morgan fingerprint density at radius 2 is 2.05 bits per heavy atom. The van der Waals surface area contributed by atoms with Crippen LogP contribution in [0.15, 0.2) is 6.20 Å². The molecule has 8 heteroatoms. The Labute approximate surface area is 123 Å². The van der Waals surface area contributed by atoms with E-state index in [4.69, 9.17) is 5.11 Å². The van der Waals surface area contributed by atoms with E-state index in [0.29, 0.717) is 12.1 Å². The third-order valence-electron chi connectivity index (χ3n) is 3.99. The number of rotatable bonds is 7. The summed E-state index contributed by atoms with van der Waals surface area (Å²) in [5.41, 5.74) is 0.597. The number of hydrogen-bond acceptors (Lipinski definition) is 7. The van der Waals surface area contributed by atoms with Gasteiger partial charge in [0.1, 0.15) is 0 Å². The minimum atomic E-state index is -1.02. The van der Waals surface area contributed by atoms with E-state index in [9.17, 15) is 15.3 Å². The van der Waals surface area contributed by atoms with Crippen LogP contribution in [-0.4, -0.2) is 66.3 Å². The molecule has 2 rings (SSSR count). The monoisotopic (exact) mass is 300 g/mol. The molecule has 120 valence electrons. The van der Waals surface area contributed by atoms with Crippen molar-refractivity contribution >= 4 is 0 Å². The normalized spacial score (nSPS) is 30.7. The average Bonchev–Trinajstić information content (AvgIpc) is 3.05. The van der Waals surface area contributed by atoms with Crippen LogP contribution >= 0.6 is 0 Å². The molecule has 1 aliphatic rings. The summed E-state index contributed by atoms with van der Waals surface area (Å²) in [4.78, 5) is 0. The second kappa shape index (κ2) is 7.28. The third-order valence-corrected chi connectivity index (χ3v) is 3.99. The number of nitrogens with zero attached hydrogens (tertiary/aromatic N) is 3. The summed E-state index contributed by atoms with van der Waals surface area (Å²) < 4.78 is 1.54. The van der Waals surface area contributed by atoms with Gasteiger partial charge in [0.15, 0.2) is 0 Å². The van der Waals surface area contributed by atoms with Crippen LogP contribution in [0, 0.1) is 0 Å². The number of aliphatic hydroxyl groups is 4. The van der Waals surface area contributed by atoms with E-state index < -0.39 is 30.4 Å². The lowest BCUT2D eigenvalue weighted by atomic mass is 10.1. The van der Waals surface area contributed by atoms with Crippen molar-refractivity contribution in [3.8, 4) is 0 Å². The van der Waals surface area contributed by atoms with Crippen molar-refractivity contribution < 1.29 is 20.4 Å². The highest BCUT2D eigenvalue weighted by Crippen LogP contribution is 2.20. The van der Waals surface area contributed by atoms with Crippen LogP contribution in [0.25, 0.3) is 0 Å². The molecule has 8 nitrogen and oxygen atoms in total. The quantitative estimate of drug-likeness (QED) is 0.417. The number of unbranched alkanes of at least 4 members (excludes halogenated alkanes) is 1. The van der Waals surface area contributed by atoms with Gasteiger partial charge in [-0.2, -0.15) is 0 Å². The third kappa shape index (κ3) is 3.58. The minimum Gasteiger partial charge on any atom is -0.395 e. The summed E-state index contributed by atoms with van der Waals surface area (Å²) in [6.07, 6.45) is 1.39. The molecule has 0 aliphatic carbocycles. The molecular weight excluding hydrogens is 276 g/mol. The minimum absolute atomic E-state index is 0.252. The zero-order chi connectivity index (χ0) is 15.4. The van der Waals surface area contributed by atoms with Crippen molar-refractivity contribution in [3.05, 3.63) is 11.9 Å². The molecule has 1 aromatic heterocycles. The van der Waals surface area contributed by atoms with E-state index in [2.05, 4.69) is 22.6 Å². The second-order valence-corrected chi connectivity index (χ2v) is 5.54. The van der Waals surface area contributed by atoms with Gasteiger partial charge in [-0.15, -0.1) is 5.10 Å². The maximum atomic E-state index is 10.1. The van der Waals surface area contributed by atoms with Crippen LogP contribution in [0.2, 0.25) is 0 Å². The van der Waals surface area contributed by atoms with Gasteiger partial charge in [0.2, 0.25) is 0 Å². The Balaban J connectivity index is 2.02. The molecular formula is C13H24N4O4. The SMILES string of the molecule is CCCC[C@@H](O)c1cnnn1C[C@H]1N[C@H](CO)[C@@H](O)[C@@H]1O. The van der Waals surface area contributed by atoms with Gasteiger partial charge in [0.05, 0.1) is 55.4 Å². The zero-order valence-corrected chi connectivity index (χ0v) is 12.1. The maximum Gasteiger partial charge on any atom is 0.0990 e. The predicted octanol–water partition coefficient (Wildman–Crippen LogP) is -1.44. The van der Waals surface area contributed by atoms with E-state index in [1.807, 2.05) is 0 Å². The van der Waals surface area contributed by atoms with Gasteiger partial charge in [0, 0.05) is 0 Å². The highest BCUT2D eigenvalue weighted by molar-refractivity contribution is 5.02. The summed E-state index contributed by atoms with van der Waals surface area (Å²) in [6.45, 7) is 2.07. The lowest BCUT2D eigenvalue weighted by molar-refractivity contribution is 0.0171. The topological polar surface area (TPSA) is 124 Å². The fraction of sp³-hybridized carbons (Fsp3) is 0.846. The predicted molar refractivity (Wildman–Crippen MR) is 74.3 cm³/mol. The Morgan fingerprint density at radius 3 is 2.67 bits per heavy atom. The van der Waals surface area contributed by atoms with Crippen LogP contribution in [-0.2, 0) is 6.54 Å². The molecule has 0 saturated carbocycles. The van der Waals surface area contributed by atoms with Crippen molar-refractivity contribution in [2.45, 2.75) is 63.1 Å². The average molecular weight is 300 g/mol. The van der Waals surface area contributed by atoms with Gasteiger partial charge in [0.25, 0.3) is 0 Å². The van der Waals surface area contributed by atoms with Crippen molar-refractivity contribution in [3.63, 3.8) is 0 Å². The first-order chi connectivity index (χ1) is 10.1. The summed E-state index contributed by atoms with van der Waals surface area (Å²) >= 11 is 0. The lowest BCUT2D eigenvalue weighted by Gasteiger charge is -2.18. The van der Waals surface area contributed by atoms with Crippen molar-refractivity contribution in [2.24, 2.45) is 0 Å². The zero-order valence-electron chi connectivity index (χ0n) is 12.1. The fourth-order valence-electron chi connectivity index (χ4n) is 2.67. The molecule has 0 radical (unpaired) electrons. The molecule has 5 atom stereocenters. The first kappa shape index (κ1) is 16.3. The smallest absolute Gasteiger partial charge is 0.0990 e. The van der Waals surface area contributed by atoms with Gasteiger partial charge in [-0.25, -0.2) is 4.68 Å². The second-order valence-electron chi connectivity index (χ2n) is 5.54. The van der Waals surface area contributed by atoms with Gasteiger partial charge < -0.3 is 25.7 Å². The first-order valence-electron chi connectivity index (χ1n) is 7.38. The van der Waals surface area contributed by atoms with Crippen LogP contribution in [0.5, 0.6) is 0 Å². The van der Waals surface area contributed by atoms with E-state index in [1.54, 1.807) is 0 Å². The summed E-state index contributed by atoms with van der Waals surface area (Å²) in [5, 5.41) is 49.7. The number of aromatic nitrogens is 3. The van der Waals surface area contributed by atoms with Crippen LogP contribution in [0.3, 0.4) is 0 Å². The highest BCUT2D eigenvalue weighted by Gasteiger charge is 2.41. The molecule has 0 spiro atoms. The molecule has 0 aromatic carbocycles. The van der Waals surface area contributed by atoms with Gasteiger partial charge in [-0.1, -0.05) is 25.0 Å². The van der Waals surface area contributed by atoms with Gasteiger partial charge in [-0.05, 0) is 6.42 Å². The molecule has 1 aromatic rings. The van der Waals surface area contributed by atoms with E-state index in [0.717, 1.165) is 12.8 Å². The van der Waals surface area contributed by atoms with Crippen LogP contribution < -0.4 is 5.32 Å². The molecule has 0 unspecified atom stereocenters. The number of aliphatic hydroxyl groups excluding tert-OH is 4. The largest absolute Gasteiger partial charge is 0.395 e. The molecule has 1 aliphatic heterocycles. The number of hydrogen-bond donors (Lipinski definition) is 5. The summed E-state index contributed by atoms with van der Waals surface area (Å²) in [7, 11) is 0. The van der Waals surface area contributed by atoms with Crippen LogP contribution in [0.1, 0.15) is 38.0 Å². The van der Waals surface area contributed by atoms with Crippen molar-refractivity contribution in [1.82, 2.24) is 20.3 Å². The van der Waals surface area contributed by atoms with Gasteiger partial charge >= 0.3 is 0 Å². The number of nitrogens with one attached hydrogen (secondary N) is 1. The first-order valence-corrected chi connectivity index (χ1v) is 7.38. The summed E-state index contributed by atoms with van der Waals surface area (Å²) in [6, 6.07) is -1.00. The van der Waals surface area contributed by atoms with E-state index in [-0.39, 0.29) is 13.2 Å². The van der Waals surface area contributed by atoms with E-state index in [1.165, 1.54) is 10.9 Å². The molecule has 0 bridgehead atoms. The lowest BCUT2D eigenvalue weighted by Crippen LogP contribution is -2.38. The molecule has 2 heterocycles. The Morgan fingerprint density at radius 1 is 1.33 bits per heavy atom. The Bertz CT molecular complexity index is 442. The van der Waals surface area contributed by atoms with E-state index >= 15 is 0 Å². The van der Waals surface area contributed by atoms with Crippen molar-refractivity contribution in [1.29, 1.82) is 0 Å². The fourth-order valence-corrected chi connectivity index (χ4v) is 2.67. The molecule has 0 amide bonds. The Hall–Kier alpha value is -1.06. The van der Waals surface area contributed by atoms with Crippen LogP contribution in [0.4, 0.5) is 0 Å². The standard InChI is InChI=1S/C13H24N4O4/c1-2-3-4-11(19)10-5-14-16-17(10)6-8-12(20)13(21)9(7-18)15-8/h5,8-9,11-13,15,18-21H,2-4,6-7H2,1H3/t8-,9-,11-,12-,13-/m1/s1. The summed E-state index contributed by atoms with van der Waals surface area (Å²) in [5.74, 6) is 0. The molecule has 21 heavy (non-hydrogen) atoms. The molecule has 5 N–H and O–H groups in total. The van der Waals surface area contributed by atoms with Crippen molar-refractivity contribution in [2.75, 3.05) is 6.61 Å². The Kier molecular flexibility index (Phi) is 5.65. The van der Waals surface area contributed by atoms with Gasteiger partial charge in [-0.3, -0.25) is 0 Å².